The number of ether oxygens (including phenoxy) is 1. The van der Waals surface area contributed by atoms with E-state index in [2.05, 4.69) is 10.7 Å². The zero-order valence-electron chi connectivity index (χ0n) is 17.1. The summed E-state index contributed by atoms with van der Waals surface area (Å²) in [4.78, 5) is 25.7. The summed E-state index contributed by atoms with van der Waals surface area (Å²) >= 11 is 5.90. The van der Waals surface area contributed by atoms with E-state index < -0.39 is 18.0 Å². The minimum atomic E-state index is -0.872. The summed E-state index contributed by atoms with van der Waals surface area (Å²) in [5.41, 5.74) is 4.65. The molecule has 1 aliphatic rings. The van der Waals surface area contributed by atoms with Gasteiger partial charge in [0.1, 0.15) is 11.6 Å². The summed E-state index contributed by atoms with van der Waals surface area (Å²) in [6.45, 7) is 0. The molecule has 0 aliphatic carbocycles. The Kier molecular flexibility index (Phi) is 6.18. The first kappa shape index (κ1) is 21.5. The van der Waals surface area contributed by atoms with Crippen molar-refractivity contribution in [1.29, 1.82) is 0 Å². The summed E-state index contributed by atoms with van der Waals surface area (Å²) in [5.74, 6) is -0.454. The maximum atomic E-state index is 13.3. The molecule has 162 valence electrons. The molecular weight excluding hydrogens is 433 g/mol. The number of rotatable bonds is 5. The van der Waals surface area contributed by atoms with Crippen molar-refractivity contribution in [1.82, 2.24) is 10.7 Å². The first-order valence-electron chi connectivity index (χ1n) is 9.84. The second kappa shape index (κ2) is 9.20. The van der Waals surface area contributed by atoms with Crippen LogP contribution in [-0.2, 0) is 4.79 Å². The quantitative estimate of drug-likeness (QED) is 0.582. The summed E-state index contributed by atoms with van der Waals surface area (Å²) in [6, 6.07) is 18.1. The van der Waals surface area contributed by atoms with Crippen LogP contribution < -0.4 is 15.5 Å². The van der Waals surface area contributed by atoms with Crippen LogP contribution in [0.1, 0.15) is 27.5 Å². The first-order chi connectivity index (χ1) is 15.4. The second-order valence-corrected chi connectivity index (χ2v) is 7.68. The van der Waals surface area contributed by atoms with Crippen LogP contribution in [0.15, 0.2) is 72.8 Å². The molecule has 8 heteroatoms. The Morgan fingerprint density at radius 2 is 1.72 bits per heavy atom. The molecule has 0 bridgehead atoms. The highest BCUT2D eigenvalue weighted by molar-refractivity contribution is 6.30. The number of nitrogens with zero attached hydrogens (tertiary/aromatic N) is 1. The third-order valence-corrected chi connectivity index (χ3v) is 5.40. The molecule has 3 aromatic carbocycles. The van der Waals surface area contributed by atoms with Crippen LogP contribution in [0.2, 0.25) is 5.02 Å². The molecule has 2 atom stereocenters. The predicted octanol–water partition coefficient (Wildman–Crippen LogP) is 3.50. The van der Waals surface area contributed by atoms with Crippen molar-refractivity contribution in [3.05, 3.63) is 100 Å². The summed E-state index contributed by atoms with van der Waals surface area (Å²) in [7, 11) is 1.57. The van der Waals surface area contributed by atoms with Crippen LogP contribution >= 0.6 is 11.6 Å². The van der Waals surface area contributed by atoms with Crippen molar-refractivity contribution in [3.63, 3.8) is 0 Å². The van der Waals surface area contributed by atoms with E-state index in [1.165, 1.54) is 12.1 Å². The van der Waals surface area contributed by atoms with Gasteiger partial charge in [-0.1, -0.05) is 11.6 Å². The number of benzene rings is 3. The maximum absolute atomic E-state index is 13.3. The fraction of sp³-hybridized carbons (Fsp3) is 0.125. The Morgan fingerprint density at radius 3 is 2.34 bits per heavy atom. The molecular formula is C24H20ClFN3O3+. The molecule has 3 aromatic rings. The van der Waals surface area contributed by atoms with Crippen molar-refractivity contribution in [2.24, 2.45) is 0 Å². The lowest BCUT2D eigenvalue weighted by Crippen LogP contribution is -2.42. The third kappa shape index (κ3) is 4.63. The molecule has 6 nitrogen and oxygen atoms in total. The van der Waals surface area contributed by atoms with Gasteiger partial charge in [0.15, 0.2) is 6.04 Å². The van der Waals surface area contributed by atoms with Gasteiger partial charge >= 0.3 is 5.91 Å². The number of hydrazone groups is 1. The van der Waals surface area contributed by atoms with Gasteiger partial charge in [-0.3, -0.25) is 9.59 Å². The van der Waals surface area contributed by atoms with Crippen molar-refractivity contribution in [3.8, 4) is 5.75 Å². The van der Waals surface area contributed by atoms with Crippen LogP contribution in [0.4, 0.5) is 4.39 Å². The summed E-state index contributed by atoms with van der Waals surface area (Å²) in [5, 5.41) is 3.33. The highest BCUT2D eigenvalue weighted by Gasteiger charge is 2.47. The van der Waals surface area contributed by atoms with Gasteiger partial charge in [0.05, 0.1) is 7.11 Å². The normalized spacial score (nSPS) is 19.0. The van der Waals surface area contributed by atoms with E-state index in [4.69, 9.17) is 16.3 Å². The monoisotopic (exact) mass is 452 g/mol. The minimum Gasteiger partial charge on any atom is -0.497 e. The fourth-order valence-electron chi connectivity index (χ4n) is 3.52. The topological polar surface area (TPSA) is 70.4 Å². The SMILES string of the molecule is COc1ccc([C@@H]2[C@@H](NC(=O)c3ccc(Cl)cc3)C(=O)N/[N+]2=C\c2ccc(F)cc2)cc1. The average molecular weight is 453 g/mol. The van der Waals surface area contributed by atoms with E-state index in [9.17, 15) is 14.0 Å². The lowest BCUT2D eigenvalue weighted by Gasteiger charge is -2.15. The molecule has 0 radical (unpaired) electrons. The van der Waals surface area contributed by atoms with Crippen LogP contribution in [0.5, 0.6) is 5.75 Å². The number of methoxy groups -OCH3 is 1. The largest absolute Gasteiger partial charge is 0.497 e. The number of carbonyl (C=O) groups excluding carboxylic acids is 2. The molecule has 0 saturated carbocycles. The zero-order valence-corrected chi connectivity index (χ0v) is 17.8. The van der Waals surface area contributed by atoms with E-state index >= 15 is 0 Å². The number of halogens is 2. The molecule has 0 aromatic heterocycles. The number of amides is 2. The second-order valence-electron chi connectivity index (χ2n) is 7.24. The van der Waals surface area contributed by atoms with Gasteiger partial charge in [-0.25, -0.2) is 4.39 Å². The standard InChI is InChI=1S/C24H19ClFN3O3/c1-32-20-12-6-16(7-13-20)22-21(27-23(30)17-4-8-18(25)9-5-17)24(31)28-29(22)14-15-2-10-19(26)11-3-15/h2-14,21-22H,1H3,(H-,27,28,30,31)/p+1/b29-14-/t21-,22-/m1/s1. The Hall–Kier alpha value is -3.71. The molecule has 1 heterocycles. The van der Waals surface area contributed by atoms with Crippen LogP contribution in [-0.4, -0.2) is 35.9 Å². The average Bonchev–Trinajstić information content (AvgIpc) is 3.10. The number of nitrogens with one attached hydrogen (secondary N) is 2. The van der Waals surface area contributed by atoms with E-state index in [-0.39, 0.29) is 11.7 Å². The third-order valence-electron chi connectivity index (χ3n) is 5.15. The highest BCUT2D eigenvalue weighted by atomic mass is 35.5. The summed E-state index contributed by atoms with van der Waals surface area (Å²) in [6.07, 6.45) is 1.70. The molecule has 4 rings (SSSR count). The van der Waals surface area contributed by atoms with Gasteiger partial charge in [0.25, 0.3) is 5.91 Å². The van der Waals surface area contributed by atoms with E-state index in [0.29, 0.717) is 21.9 Å². The Labute approximate surface area is 189 Å². The van der Waals surface area contributed by atoms with E-state index in [1.54, 1.807) is 66.5 Å². The van der Waals surface area contributed by atoms with Gasteiger partial charge < -0.3 is 10.1 Å². The predicted molar refractivity (Wildman–Crippen MR) is 118 cm³/mol. The van der Waals surface area contributed by atoms with Crippen molar-refractivity contribution < 1.29 is 23.4 Å². The van der Waals surface area contributed by atoms with Gasteiger partial charge in [0, 0.05) is 21.7 Å². The molecule has 2 N–H and O–H groups in total. The van der Waals surface area contributed by atoms with Crippen molar-refractivity contribution in [2.45, 2.75) is 12.1 Å². The minimum absolute atomic E-state index is 0.354. The molecule has 1 saturated heterocycles. The molecule has 32 heavy (non-hydrogen) atoms. The number of carbonyl (C=O) groups is 2. The Bertz CT molecular complexity index is 1160. The molecule has 2 amide bonds. The van der Waals surface area contributed by atoms with Crippen molar-refractivity contribution in [2.75, 3.05) is 7.11 Å². The molecule has 0 spiro atoms. The molecule has 0 unspecified atom stereocenters. The lowest BCUT2D eigenvalue weighted by molar-refractivity contribution is -0.596. The van der Waals surface area contributed by atoms with Gasteiger partial charge in [-0.05, 0) is 72.8 Å². The fourth-order valence-corrected chi connectivity index (χ4v) is 3.64. The van der Waals surface area contributed by atoms with Crippen LogP contribution in [0, 0.1) is 5.82 Å². The number of hydrogen-bond donors (Lipinski definition) is 2. The Balaban J connectivity index is 1.69. The molecule has 1 aliphatic heterocycles. The Morgan fingerprint density at radius 1 is 1.06 bits per heavy atom. The lowest BCUT2D eigenvalue weighted by atomic mass is 9.99. The number of hydrazine groups is 1. The smallest absolute Gasteiger partial charge is 0.304 e. The highest BCUT2D eigenvalue weighted by Crippen LogP contribution is 2.27. The van der Waals surface area contributed by atoms with Crippen molar-refractivity contribution >= 4 is 29.6 Å². The van der Waals surface area contributed by atoms with Gasteiger partial charge in [-0.2, -0.15) is 0 Å². The first-order valence-corrected chi connectivity index (χ1v) is 10.2. The van der Waals surface area contributed by atoms with E-state index in [0.717, 1.165) is 5.56 Å². The summed E-state index contributed by atoms with van der Waals surface area (Å²) < 4.78 is 20.1. The molecule has 1 fully saturated rings. The number of hydrogen-bond acceptors (Lipinski definition) is 3. The maximum Gasteiger partial charge on any atom is 0.304 e. The van der Waals surface area contributed by atoms with Gasteiger partial charge in [-0.15, -0.1) is 10.1 Å². The van der Waals surface area contributed by atoms with Crippen LogP contribution in [0.25, 0.3) is 0 Å². The van der Waals surface area contributed by atoms with Crippen LogP contribution in [0.3, 0.4) is 0 Å². The zero-order chi connectivity index (χ0) is 22.7. The van der Waals surface area contributed by atoms with Gasteiger partial charge in [0.2, 0.25) is 12.3 Å². The van der Waals surface area contributed by atoms with E-state index in [1.807, 2.05) is 12.1 Å².